The molecule has 0 saturated heterocycles. The lowest BCUT2D eigenvalue weighted by Crippen LogP contribution is -2.34. The normalized spacial score (nSPS) is 13.0. The summed E-state index contributed by atoms with van der Waals surface area (Å²) in [7, 11) is 0. The summed E-state index contributed by atoms with van der Waals surface area (Å²) in [6, 6.07) is 12.0. The van der Waals surface area contributed by atoms with Crippen LogP contribution < -0.4 is 15.0 Å². The zero-order valence-corrected chi connectivity index (χ0v) is 31.3. The van der Waals surface area contributed by atoms with E-state index in [1.54, 1.807) is 6.20 Å². The van der Waals surface area contributed by atoms with E-state index in [9.17, 15) is 4.79 Å². The highest BCUT2D eigenvalue weighted by Gasteiger charge is 2.19. The van der Waals surface area contributed by atoms with Gasteiger partial charge in [-0.15, -0.1) is 20.5 Å². The molecule has 0 spiro atoms. The van der Waals surface area contributed by atoms with Gasteiger partial charge in [0.15, 0.2) is 5.00 Å². The Labute approximate surface area is 292 Å². The summed E-state index contributed by atoms with van der Waals surface area (Å²) >= 11 is 1.29. The van der Waals surface area contributed by atoms with E-state index in [4.69, 9.17) is 4.74 Å². The van der Waals surface area contributed by atoms with E-state index >= 15 is 0 Å². The van der Waals surface area contributed by atoms with Gasteiger partial charge >= 0.3 is 0 Å². The molecule has 0 aliphatic carbocycles. The molecule has 1 amide bonds. The molecule has 1 aromatic heterocycles. The number of thiazole rings is 1. The first-order valence-electron chi connectivity index (χ1n) is 17.8. The number of unbranched alkanes of at least 4 members (excludes halogenated alkanes) is 2. The summed E-state index contributed by atoms with van der Waals surface area (Å²) in [5, 5.41) is 21.8. The molecule has 2 aromatic carbocycles. The molecule has 0 fully saturated rings. The second kappa shape index (κ2) is 20.6. The number of amides is 1. The van der Waals surface area contributed by atoms with Crippen LogP contribution >= 0.6 is 11.3 Å². The minimum absolute atomic E-state index is 0.149. The molecule has 262 valence electrons. The highest BCUT2D eigenvalue weighted by molar-refractivity contribution is 7.18. The molecule has 1 heterocycles. The van der Waals surface area contributed by atoms with Gasteiger partial charge in [-0.1, -0.05) is 97.5 Å². The number of hydrogen-bond donors (Lipinski definition) is 1. The van der Waals surface area contributed by atoms with Crippen LogP contribution in [-0.2, 0) is 4.79 Å². The molecule has 0 aliphatic heterocycles. The van der Waals surface area contributed by atoms with Crippen molar-refractivity contribution in [3.63, 3.8) is 0 Å². The van der Waals surface area contributed by atoms with Gasteiger partial charge in [0, 0.05) is 25.7 Å². The third kappa shape index (κ3) is 13.1. The van der Waals surface area contributed by atoms with Crippen molar-refractivity contribution in [2.45, 2.75) is 107 Å². The Balaban J connectivity index is 1.85. The van der Waals surface area contributed by atoms with Gasteiger partial charge in [-0.25, -0.2) is 4.98 Å². The first-order chi connectivity index (χ1) is 23.1. The number of carbonyl (C=O) groups excluding carboxylic acids is 1. The van der Waals surface area contributed by atoms with Crippen LogP contribution in [0, 0.1) is 24.7 Å². The van der Waals surface area contributed by atoms with Gasteiger partial charge in [0.2, 0.25) is 11.0 Å². The lowest BCUT2D eigenvalue weighted by Gasteiger charge is -2.33. The summed E-state index contributed by atoms with van der Waals surface area (Å²) in [6.45, 7) is 19.5. The van der Waals surface area contributed by atoms with Crippen molar-refractivity contribution in [3.05, 3.63) is 48.2 Å². The maximum absolute atomic E-state index is 12.3. The van der Waals surface area contributed by atoms with Crippen molar-refractivity contribution in [3.8, 4) is 5.75 Å². The van der Waals surface area contributed by atoms with Gasteiger partial charge in [-0.3, -0.25) is 4.79 Å². The van der Waals surface area contributed by atoms with E-state index in [0.29, 0.717) is 57.3 Å². The summed E-state index contributed by atoms with van der Waals surface area (Å²) in [4.78, 5) is 19.2. The molecular weight excluding hydrogens is 619 g/mol. The lowest BCUT2D eigenvalue weighted by molar-refractivity contribution is -0.114. The first-order valence-corrected chi connectivity index (χ1v) is 18.7. The number of aryl methyl sites for hydroxylation is 1. The Morgan fingerprint density at radius 2 is 1.56 bits per heavy atom. The number of ether oxygens (including phenoxy) is 1. The molecule has 10 heteroatoms. The number of anilines is 2. The zero-order chi connectivity index (χ0) is 34.9. The van der Waals surface area contributed by atoms with Gasteiger partial charge in [0.1, 0.15) is 17.1 Å². The van der Waals surface area contributed by atoms with E-state index in [1.165, 1.54) is 56.8 Å². The third-order valence-corrected chi connectivity index (χ3v) is 9.13. The van der Waals surface area contributed by atoms with Gasteiger partial charge < -0.3 is 15.0 Å². The molecule has 1 N–H and O–H groups in total. The molecule has 3 rings (SSSR count). The fourth-order valence-corrected chi connectivity index (χ4v) is 6.04. The molecule has 0 radical (unpaired) electrons. The smallest absolute Gasteiger partial charge is 0.232 e. The molecule has 2 unspecified atom stereocenters. The summed E-state index contributed by atoms with van der Waals surface area (Å²) in [5.74, 6) is 2.20. The Morgan fingerprint density at radius 3 is 2.17 bits per heavy atom. The predicted octanol–water partition coefficient (Wildman–Crippen LogP) is 12.5. The van der Waals surface area contributed by atoms with Crippen molar-refractivity contribution in [2.75, 3.05) is 29.9 Å². The van der Waals surface area contributed by atoms with Crippen LogP contribution in [0.4, 0.5) is 32.9 Å². The number of nitrogens with one attached hydrogen (secondary N) is 1. The summed E-state index contributed by atoms with van der Waals surface area (Å²) in [6.07, 6.45) is 11.3. The van der Waals surface area contributed by atoms with Crippen LogP contribution in [0.3, 0.4) is 0 Å². The quantitative estimate of drug-likeness (QED) is 0.113. The van der Waals surface area contributed by atoms with Crippen LogP contribution in [0.1, 0.15) is 105 Å². The standard InChI is InChI=1S/C38H57N7O2S/c1-9-13-15-30(11-3)24-45(25-31(12-4)16-14-10-2)32-18-19-33(34(22-32)40-29(8)46)41-44-38-39-23-37(48-38)43-42-35-21-28(7)17-20-36(35)47-26-27(5)6/h17-23,27,30-31H,9-16,24-26H2,1-8H3,(H,40,46)/b43-42?,44-41+. The van der Waals surface area contributed by atoms with E-state index < -0.39 is 0 Å². The van der Waals surface area contributed by atoms with Crippen LogP contribution in [0.5, 0.6) is 5.75 Å². The lowest BCUT2D eigenvalue weighted by atomic mass is 9.95. The Bertz CT molecular complexity index is 1450. The van der Waals surface area contributed by atoms with E-state index in [2.05, 4.69) is 89.3 Å². The molecule has 48 heavy (non-hydrogen) atoms. The number of carbonyl (C=O) groups is 1. The number of rotatable bonds is 21. The van der Waals surface area contributed by atoms with Crippen molar-refractivity contribution >= 4 is 50.1 Å². The topological polar surface area (TPSA) is 104 Å². The minimum atomic E-state index is -0.149. The number of hydrogen-bond acceptors (Lipinski definition) is 9. The molecule has 0 aliphatic rings. The summed E-state index contributed by atoms with van der Waals surface area (Å²) in [5.41, 5.74) is 4.07. The highest BCUT2D eigenvalue weighted by atomic mass is 32.1. The second-order valence-corrected chi connectivity index (χ2v) is 14.2. The van der Waals surface area contributed by atoms with Crippen LogP contribution in [0.2, 0.25) is 0 Å². The first kappa shape index (κ1) is 38.8. The number of aromatic nitrogens is 1. The maximum Gasteiger partial charge on any atom is 0.232 e. The maximum atomic E-state index is 12.3. The van der Waals surface area contributed by atoms with Gasteiger partial charge in [0.05, 0.1) is 18.5 Å². The van der Waals surface area contributed by atoms with E-state index in [0.717, 1.165) is 37.2 Å². The molecule has 3 aromatic rings. The monoisotopic (exact) mass is 675 g/mol. The van der Waals surface area contributed by atoms with Gasteiger partial charge in [0.25, 0.3) is 0 Å². The number of benzene rings is 2. The zero-order valence-electron chi connectivity index (χ0n) is 30.5. The average molecular weight is 676 g/mol. The third-order valence-electron chi connectivity index (χ3n) is 8.37. The number of azo groups is 2. The Morgan fingerprint density at radius 1 is 0.896 bits per heavy atom. The van der Waals surface area contributed by atoms with Crippen LogP contribution in [-0.4, -0.2) is 30.6 Å². The molecule has 0 bridgehead atoms. The van der Waals surface area contributed by atoms with Crippen molar-refractivity contribution in [1.29, 1.82) is 0 Å². The largest absolute Gasteiger partial charge is 0.491 e. The van der Waals surface area contributed by atoms with Crippen LogP contribution in [0.25, 0.3) is 0 Å². The fourth-order valence-electron chi connectivity index (χ4n) is 5.47. The van der Waals surface area contributed by atoms with E-state index in [1.807, 2.05) is 31.2 Å². The fraction of sp³-hybridized carbons (Fsp3) is 0.579. The van der Waals surface area contributed by atoms with Crippen molar-refractivity contribution in [1.82, 2.24) is 4.98 Å². The molecular formula is C38H57N7O2S. The Hall–Kier alpha value is -3.66. The highest BCUT2D eigenvalue weighted by Crippen LogP contribution is 2.36. The van der Waals surface area contributed by atoms with Crippen molar-refractivity contribution < 1.29 is 9.53 Å². The van der Waals surface area contributed by atoms with Crippen molar-refractivity contribution in [2.24, 2.45) is 38.2 Å². The number of nitrogens with zero attached hydrogens (tertiary/aromatic N) is 6. The van der Waals surface area contributed by atoms with E-state index in [-0.39, 0.29) is 5.91 Å². The second-order valence-electron chi connectivity index (χ2n) is 13.2. The molecule has 0 saturated carbocycles. The molecule has 9 nitrogen and oxygen atoms in total. The van der Waals surface area contributed by atoms with Gasteiger partial charge in [-0.05, 0) is 73.4 Å². The SMILES string of the molecule is CCCCC(CC)CN(CC(CC)CCCC)c1ccc(/N=N/c2ncc(N=Nc3cc(C)ccc3OCC(C)C)s2)c(NC(C)=O)c1. The summed E-state index contributed by atoms with van der Waals surface area (Å²) < 4.78 is 5.94. The van der Waals surface area contributed by atoms with Crippen LogP contribution in [0.15, 0.2) is 63.1 Å². The average Bonchev–Trinajstić information content (AvgIpc) is 3.53. The van der Waals surface area contributed by atoms with Gasteiger partial charge in [-0.2, -0.15) is 0 Å². The molecule has 2 atom stereocenters. The Kier molecular flexibility index (Phi) is 16.7. The predicted molar refractivity (Wildman–Crippen MR) is 202 cm³/mol. The minimum Gasteiger partial charge on any atom is -0.491 e.